The molecule has 8 heteroatoms. The zero-order chi connectivity index (χ0) is 16.3. The lowest BCUT2D eigenvalue weighted by Gasteiger charge is -2.10. The van der Waals surface area contributed by atoms with E-state index < -0.39 is 17.9 Å². The Morgan fingerprint density at radius 2 is 1.68 bits per heavy atom. The molecule has 0 unspecified atom stereocenters. The largest absolute Gasteiger partial charge is 0.478 e. The van der Waals surface area contributed by atoms with E-state index in [9.17, 15) is 14.4 Å². The molecule has 0 atom stereocenters. The highest BCUT2D eigenvalue weighted by Crippen LogP contribution is 2.21. The third kappa shape index (κ3) is 3.06. The minimum Gasteiger partial charge on any atom is -0.478 e. The average molecular weight is 305 g/mol. The van der Waals surface area contributed by atoms with E-state index in [1.165, 1.54) is 30.3 Å². The maximum absolute atomic E-state index is 11.2. The third-order valence-corrected chi connectivity index (χ3v) is 2.83. The molecule has 0 radical (unpaired) electrons. The summed E-state index contributed by atoms with van der Waals surface area (Å²) in [5.41, 5.74) is -0.621. The van der Waals surface area contributed by atoms with Crippen LogP contribution in [0.25, 0.3) is 0 Å². The molecule has 0 aliphatic carbocycles. The molecule has 2 rings (SSSR count). The van der Waals surface area contributed by atoms with Crippen LogP contribution in [-0.4, -0.2) is 33.2 Å². The van der Waals surface area contributed by atoms with Crippen LogP contribution in [0.2, 0.25) is 0 Å². The average Bonchev–Trinajstić information content (AvgIpc) is 2.93. The van der Waals surface area contributed by atoms with Gasteiger partial charge in [-0.15, -0.1) is 0 Å². The van der Waals surface area contributed by atoms with E-state index in [-0.39, 0.29) is 34.9 Å². The molecule has 0 amide bonds. The smallest absolute Gasteiger partial charge is 0.371 e. The van der Waals surface area contributed by atoms with Crippen LogP contribution in [0.4, 0.5) is 5.69 Å². The Balaban J connectivity index is 2.25. The minimum atomic E-state index is -1.38. The van der Waals surface area contributed by atoms with Crippen molar-refractivity contribution in [3.05, 3.63) is 53.0 Å². The van der Waals surface area contributed by atoms with Crippen LogP contribution < -0.4 is 5.32 Å². The highest BCUT2D eigenvalue weighted by molar-refractivity contribution is 6.05. The number of rotatable bonds is 6. The first kappa shape index (κ1) is 15.1. The first-order chi connectivity index (χ1) is 10.4. The molecule has 1 aromatic heterocycles. The molecule has 0 saturated carbocycles. The number of carbonyl (C=O) groups is 3. The maximum Gasteiger partial charge on any atom is 0.371 e. The van der Waals surface area contributed by atoms with Gasteiger partial charge in [0.1, 0.15) is 5.76 Å². The van der Waals surface area contributed by atoms with E-state index in [1.807, 2.05) is 0 Å². The summed E-state index contributed by atoms with van der Waals surface area (Å²) in [4.78, 5) is 33.0. The number of aromatic carboxylic acids is 3. The van der Waals surface area contributed by atoms with Crippen molar-refractivity contribution in [2.24, 2.45) is 0 Å². The van der Waals surface area contributed by atoms with Gasteiger partial charge < -0.3 is 25.1 Å². The number of carboxylic acids is 3. The lowest BCUT2D eigenvalue weighted by atomic mass is 10.1. The second-order valence-corrected chi connectivity index (χ2v) is 4.26. The number of nitrogens with one attached hydrogen (secondary N) is 1. The highest BCUT2D eigenvalue weighted by Gasteiger charge is 2.20. The molecule has 8 nitrogen and oxygen atoms in total. The molecule has 114 valence electrons. The Morgan fingerprint density at radius 1 is 0.955 bits per heavy atom. The van der Waals surface area contributed by atoms with Crippen molar-refractivity contribution in [2.45, 2.75) is 6.54 Å². The van der Waals surface area contributed by atoms with Gasteiger partial charge in [-0.05, 0) is 24.3 Å². The predicted molar refractivity (Wildman–Crippen MR) is 73.4 cm³/mol. The third-order valence-electron chi connectivity index (χ3n) is 2.83. The fourth-order valence-electron chi connectivity index (χ4n) is 1.88. The summed E-state index contributed by atoms with van der Waals surface area (Å²) >= 11 is 0. The van der Waals surface area contributed by atoms with Gasteiger partial charge in [-0.3, -0.25) is 0 Å². The highest BCUT2D eigenvalue weighted by atomic mass is 16.4. The summed E-state index contributed by atoms with van der Waals surface area (Å²) in [7, 11) is 0. The summed E-state index contributed by atoms with van der Waals surface area (Å²) in [5, 5.41) is 29.6. The quantitative estimate of drug-likeness (QED) is 0.635. The number of benzene rings is 1. The van der Waals surface area contributed by atoms with E-state index in [2.05, 4.69) is 5.32 Å². The summed E-state index contributed by atoms with van der Waals surface area (Å²) < 4.78 is 5.02. The van der Waals surface area contributed by atoms with Crippen molar-refractivity contribution >= 4 is 23.6 Å². The van der Waals surface area contributed by atoms with Gasteiger partial charge in [-0.25, -0.2) is 14.4 Å². The molecule has 0 bridgehead atoms. The second-order valence-electron chi connectivity index (χ2n) is 4.26. The molecule has 0 aliphatic heterocycles. The normalized spacial score (nSPS) is 10.2. The van der Waals surface area contributed by atoms with Gasteiger partial charge in [0, 0.05) is 5.69 Å². The van der Waals surface area contributed by atoms with Gasteiger partial charge in [0.2, 0.25) is 5.76 Å². The Kier molecular flexibility index (Phi) is 4.12. The van der Waals surface area contributed by atoms with Crippen LogP contribution in [0.15, 0.2) is 34.7 Å². The molecule has 2 aromatic rings. The minimum absolute atomic E-state index is 0.0105. The summed E-state index contributed by atoms with van der Waals surface area (Å²) in [6.45, 7) is 0.0105. The van der Waals surface area contributed by atoms with Crippen LogP contribution in [0.5, 0.6) is 0 Å². The predicted octanol–water partition coefficient (Wildman–Crippen LogP) is 1.99. The van der Waals surface area contributed by atoms with Crippen molar-refractivity contribution < 1.29 is 34.1 Å². The lowest BCUT2D eigenvalue weighted by molar-refractivity contribution is 0.0652. The van der Waals surface area contributed by atoms with Crippen LogP contribution in [0, 0.1) is 0 Å². The number of hydrogen-bond donors (Lipinski definition) is 4. The molecule has 0 spiro atoms. The van der Waals surface area contributed by atoms with Crippen LogP contribution >= 0.6 is 0 Å². The van der Waals surface area contributed by atoms with Crippen molar-refractivity contribution in [3.8, 4) is 0 Å². The van der Waals surface area contributed by atoms with E-state index in [1.54, 1.807) is 0 Å². The fourth-order valence-corrected chi connectivity index (χ4v) is 1.88. The molecule has 22 heavy (non-hydrogen) atoms. The van der Waals surface area contributed by atoms with Crippen LogP contribution in [0.3, 0.4) is 0 Å². The van der Waals surface area contributed by atoms with Gasteiger partial charge in [-0.2, -0.15) is 0 Å². The van der Waals surface area contributed by atoms with E-state index in [4.69, 9.17) is 19.7 Å². The summed E-state index contributed by atoms with van der Waals surface area (Å²) in [6.07, 6.45) is 0. The van der Waals surface area contributed by atoms with E-state index >= 15 is 0 Å². The fraction of sp³-hybridized carbons (Fsp3) is 0.0714. The van der Waals surface area contributed by atoms with Crippen molar-refractivity contribution in [2.75, 3.05) is 5.32 Å². The number of carboxylic acid groups (broad SMARTS) is 3. The van der Waals surface area contributed by atoms with E-state index in [0.29, 0.717) is 0 Å². The number of furan rings is 1. The van der Waals surface area contributed by atoms with Crippen molar-refractivity contribution in [3.63, 3.8) is 0 Å². The first-order valence-electron chi connectivity index (χ1n) is 6.05. The van der Waals surface area contributed by atoms with Crippen LogP contribution in [0.1, 0.15) is 37.0 Å². The van der Waals surface area contributed by atoms with E-state index in [0.717, 1.165) is 0 Å². The number of hydrogen-bond acceptors (Lipinski definition) is 5. The molecule has 1 heterocycles. The monoisotopic (exact) mass is 305 g/mol. The number of anilines is 1. The van der Waals surface area contributed by atoms with Gasteiger partial charge in [-0.1, -0.05) is 6.07 Å². The van der Waals surface area contributed by atoms with Gasteiger partial charge >= 0.3 is 17.9 Å². The Morgan fingerprint density at radius 3 is 2.23 bits per heavy atom. The Bertz CT molecular complexity index is 747. The molecular weight excluding hydrogens is 294 g/mol. The molecule has 0 fully saturated rings. The molecule has 4 N–H and O–H groups in total. The summed E-state index contributed by atoms with van der Waals surface area (Å²) in [5.74, 6) is -3.92. The molecule has 0 saturated heterocycles. The molecule has 0 aliphatic rings. The standard InChI is InChI=1S/C14H11NO7/c16-12(17)8-2-1-3-9(11(8)14(20)21)15-6-7-4-5-10(22-7)13(18)19/h1-5,15H,6H2,(H,16,17)(H,18,19)(H,20,21). The zero-order valence-corrected chi connectivity index (χ0v) is 11.1. The molecule has 1 aromatic carbocycles. The maximum atomic E-state index is 11.2. The van der Waals surface area contributed by atoms with Crippen molar-refractivity contribution in [1.82, 2.24) is 0 Å². The molecular formula is C14H11NO7. The zero-order valence-electron chi connectivity index (χ0n) is 11.1. The first-order valence-corrected chi connectivity index (χ1v) is 6.05. The topological polar surface area (TPSA) is 137 Å². The summed E-state index contributed by atoms with van der Waals surface area (Å²) in [6, 6.07) is 6.70. The van der Waals surface area contributed by atoms with Gasteiger partial charge in [0.15, 0.2) is 0 Å². The SMILES string of the molecule is O=C(O)c1ccc(CNc2cccc(C(=O)O)c2C(=O)O)o1. The lowest BCUT2D eigenvalue weighted by Crippen LogP contribution is -2.12. The van der Waals surface area contributed by atoms with Crippen LogP contribution in [-0.2, 0) is 6.54 Å². The second kappa shape index (κ2) is 6.00. The Hall–Kier alpha value is -3.29. The van der Waals surface area contributed by atoms with Gasteiger partial charge in [0.25, 0.3) is 0 Å². The van der Waals surface area contributed by atoms with Gasteiger partial charge in [0.05, 0.1) is 17.7 Å². The Labute approximate surface area is 123 Å². The van der Waals surface area contributed by atoms with Crippen molar-refractivity contribution in [1.29, 1.82) is 0 Å².